The number of hydrogen-bond acceptors (Lipinski definition) is 5. The van der Waals surface area contributed by atoms with E-state index in [0.29, 0.717) is 12.4 Å². The fourth-order valence-corrected chi connectivity index (χ4v) is 2.39. The van der Waals surface area contributed by atoms with Crippen molar-refractivity contribution in [3.05, 3.63) is 41.7 Å². The van der Waals surface area contributed by atoms with Gasteiger partial charge >= 0.3 is 0 Å². The quantitative estimate of drug-likeness (QED) is 0.893. The average Bonchev–Trinajstić information content (AvgIpc) is 2.82. The second-order valence-corrected chi connectivity index (χ2v) is 4.89. The van der Waals surface area contributed by atoms with Gasteiger partial charge in [0.15, 0.2) is 0 Å². The number of hydrogen-bond donors (Lipinski definition) is 2. The lowest BCUT2D eigenvalue weighted by Crippen LogP contribution is -2.14. The van der Waals surface area contributed by atoms with E-state index in [0.717, 1.165) is 35.8 Å². The molecule has 2 aromatic rings. The van der Waals surface area contributed by atoms with Gasteiger partial charge in [0.2, 0.25) is 0 Å². The zero-order chi connectivity index (χ0) is 13.9. The molecule has 5 heteroatoms. The second-order valence-electron chi connectivity index (χ2n) is 4.89. The van der Waals surface area contributed by atoms with Crippen LogP contribution in [0.15, 0.2) is 30.3 Å². The van der Waals surface area contributed by atoms with E-state index in [1.807, 2.05) is 18.2 Å². The SMILES string of the molecule is CCCc1nc(N)cc(NC2COc3ccccc32)n1. The van der Waals surface area contributed by atoms with Crippen molar-refractivity contribution in [3.63, 3.8) is 0 Å². The smallest absolute Gasteiger partial charge is 0.133 e. The normalized spacial score (nSPS) is 16.6. The Bertz CT molecular complexity index is 615. The third-order valence-electron chi connectivity index (χ3n) is 3.29. The van der Waals surface area contributed by atoms with E-state index in [1.54, 1.807) is 6.07 Å². The van der Waals surface area contributed by atoms with Crippen molar-refractivity contribution in [2.24, 2.45) is 0 Å². The third-order valence-corrected chi connectivity index (χ3v) is 3.29. The van der Waals surface area contributed by atoms with Crippen LogP contribution in [0.3, 0.4) is 0 Å². The van der Waals surface area contributed by atoms with Crippen LogP contribution in [0, 0.1) is 0 Å². The molecule has 1 aromatic heterocycles. The Hall–Kier alpha value is -2.30. The molecule has 0 saturated carbocycles. The first-order valence-electron chi connectivity index (χ1n) is 6.88. The predicted octanol–water partition coefficient (Wildman–Crippen LogP) is 2.56. The van der Waals surface area contributed by atoms with Crippen molar-refractivity contribution in [3.8, 4) is 5.75 Å². The highest BCUT2D eigenvalue weighted by molar-refractivity contribution is 5.49. The highest BCUT2D eigenvalue weighted by Gasteiger charge is 2.23. The lowest BCUT2D eigenvalue weighted by Gasteiger charge is -2.13. The minimum atomic E-state index is 0.106. The maximum absolute atomic E-state index is 5.84. The zero-order valence-corrected chi connectivity index (χ0v) is 11.5. The molecule has 0 fully saturated rings. The van der Waals surface area contributed by atoms with Crippen molar-refractivity contribution in [2.75, 3.05) is 17.7 Å². The number of rotatable bonds is 4. The maximum atomic E-state index is 5.84. The molecule has 0 saturated heterocycles. The van der Waals surface area contributed by atoms with Crippen LogP contribution in [0.25, 0.3) is 0 Å². The lowest BCUT2D eigenvalue weighted by molar-refractivity contribution is 0.339. The van der Waals surface area contributed by atoms with E-state index in [9.17, 15) is 0 Å². The van der Waals surface area contributed by atoms with Gasteiger partial charge in [0.25, 0.3) is 0 Å². The van der Waals surface area contributed by atoms with Gasteiger partial charge in [-0.1, -0.05) is 25.1 Å². The zero-order valence-electron chi connectivity index (χ0n) is 11.5. The third kappa shape index (κ3) is 2.52. The number of nitrogen functional groups attached to an aromatic ring is 1. The molecule has 0 aliphatic carbocycles. The molecule has 0 amide bonds. The molecule has 3 rings (SSSR count). The van der Waals surface area contributed by atoms with Gasteiger partial charge in [-0.05, 0) is 12.5 Å². The number of nitrogens with one attached hydrogen (secondary N) is 1. The molecule has 1 unspecified atom stereocenters. The van der Waals surface area contributed by atoms with Crippen molar-refractivity contribution < 1.29 is 4.74 Å². The van der Waals surface area contributed by atoms with E-state index in [1.165, 1.54) is 0 Å². The molecule has 1 aliphatic rings. The summed E-state index contributed by atoms with van der Waals surface area (Å²) in [6, 6.07) is 9.91. The average molecular weight is 270 g/mol. The molecular formula is C15H18N4O. The van der Waals surface area contributed by atoms with Gasteiger partial charge in [-0.3, -0.25) is 0 Å². The first-order chi connectivity index (χ1) is 9.76. The van der Waals surface area contributed by atoms with E-state index >= 15 is 0 Å². The topological polar surface area (TPSA) is 73.1 Å². The number of fused-ring (bicyclic) bond motifs is 1. The van der Waals surface area contributed by atoms with E-state index in [-0.39, 0.29) is 6.04 Å². The number of ether oxygens (including phenoxy) is 1. The van der Waals surface area contributed by atoms with Gasteiger partial charge < -0.3 is 15.8 Å². The summed E-state index contributed by atoms with van der Waals surface area (Å²) >= 11 is 0. The molecule has 2 heterocycles. The number of anilines is 2. The molecule has 0 radical (unpaired) electrons. The molecule has 0 bridgehead atoms. The fraction of sp³-hybridized carbons (Fsp3) is 0.333. The van der Waals surface area contributed by atoms with Gasteiger partial charge in [-0.25, -0.2) is 9.97 Å². The van der Waals surface area contributed by atoms with E-state index < -0.39 is 0 Å². The van der Waals surface area contributed by atoms with Crippen LogP contribution < -0.4 is 15.8 Å². The molecule has 5 nitrogen and oxygen atoms in total. The first-order valence-corrected chi connectivity index (χ1v) is 6.88. The molecule has 3 N–H and O–H groups in total. The van der Waals surface area contributed by atoms with E-state index in [2.05, 4.69) is 28.3 Å². The van der Waals surface area contributed by atoms with Crippen molar-refractivity contribution in [1.29, 1.82) is 0 Å². The minimum absolute atomic E-state index is 0.106. The molecule has 20 heavy (non-hydrogen) atoms. The number of aromatic nitrogens is 2. The Labute approximate surface area is 118 Å². The van der Waals surface area contributed by atoms with Crippen molar-refractivity contribution >= 4 is 11.6 Å². The van der Waals surface area contributed by atoms with Gasteiger partial charge in [0.05, 0.1) is 6.04 Å². The van der Waals surface area contributed by atoms with Gasteiger partial charge in [-0.15, -0.1) is 0 Å². The number of nitrogens with zero attached hydrogens (tertiary/aromatic N) is 2. The maximum Gasteiger partial charge on any atom is 0.133 e. The Balaban J connectivity index is 1.82. The molecular weight excluding hydrogens is 252 g/mol. The summed E-state index contributed by atoms with van der Waals surface area (Å²) in [7, 11) is 0. The molecule has 104 valence electrons. The summed E-state index contributed by atoms with van der Waals surface area (Å²) in [5.41, 5.74) is 6.99. The Morgan fingerprint density at radius 3 is 3.05 bits per heavy atom. The highest BCUT2D eigenvalue weighted by atomic mass is 16.5. The summed E-state index contributed by atoms with van der Waals surface area (Å²) in [5, 5.41) is 3.38. The molecule has 1 atom stereocenters. The standard InChI is InChI=1S/C15H18N4O/c1-2-5-14-18-13(16)8-15(19-14)17-11-9-20-12-7-4-3-6-10(11)12/h3-4,6-8,11H,2,5,9H2,1H3,(H3,16,17,18,19). The summed E-state index contributed by atoms with van der Waals surface area (Å²) in [5.74, 6) is 2.97. The van der Waals surface area contributed by atoms with Crippen LogP contribution in [-0.2, 0) is 6.42 Å². The van der Waals surface area contributed by atoms with Gasteiger partial charge in [-0.2, -0.15) is 0 Å². The largest absolute Gasteiger partial charge is 0.491 e. The van der Waals surface area contributed by atoms with Crippen LogP contribution in [0.2, 0.25) is 0 Å². The number of para-hydroxylation sites is 1. The molecule has 1 aliphatic heterocycles. The van der Waals surface area contributed by atoms with Gasteiger partial charge in [0.1, 0.15) is 29.8 Å². The molecule has 1 aromatic carbocycles. The predicted molar refractivity (Wildman–Crippen MR) is 78.7 cm³/mol. The first kappa shape index (κ1) is 12.7. The summed E-state index contributed by atoms with van der Waals surface area (Å²) in [4.78, 5) is 8.74. The fourth-order valence-electron chi connectivity index (χ4n) is 2.39. The van der Waals surface area contributed by atoms with Crippen LogP contribution in [0.5, 0.6) is 5.75 Å². The Morgan fingerprint density at radius 1 is 1.35 bits per heavy atom. The highest BCUT2D eigenvalue weighted by Crippen LogP contribution is 2.33. The number of aryl methyl sites for hydroxylation is 1. The van der Waals surface area contributed by atoms with Gasteiger partial charge in [0, 0.05) is 18.1 Å². The monoisotopic (exact) mass is 270 g/mol. The Kier molecular flexibility index (Phi) is 3.41. The van der Waals surface area contributed by atoms with Crippen LogP contribution in [0.1, 0.15) is 30.8 Å². The van der Waals surface area contributed by atoms with E-state index in [4.69, 9.17) is 10.5 Å². The minimum Gasteiger partial charge on any atom is -0.491 e. The summed E-state index contributed by atoms with van der Waals surface area (Å²) in [6.45, 7) is 2.70. The van der Waals surface area contributed by atoms with Crippen LogP contribution in [0.4, 0.5) is 11.6 Å². The Morgan fingerprint density at radius 2 is 2.20 bits per heavy atom. The van der Waals surface area contributed by atoms with Crippen LogP contribution in [-0.4, -0.2) is 16.6 Å². The second kappa shape index (κ2) is 5.36. The molecule has 0 spiro atoms. The van der Waals surface area contributed by atoms with Crippen LogP contribution >= 0.6 is 0 Å². The van der Waals surface area contributed by atoms with Crippen molar-refractivity contribution in [1.82, 2.24) is 9.97 Å². The summed E-state index contributed by atoms with van der Waals surface area (Å²) in [6.07, 6.45) is 1.83. The lowest BCUT2D eigenvalue weighted by atomic mass is 10.1. The summed E-state index contributed by atoms with van der Waals surface area (Å²) < 4.78 is 5.65. The number of benzene rings is 1. The number of nitrogens with two attached hydrogens (primary N) is 1. The van der Waals surface area contributed by atoms with Crippen molar-refractivity contribution in [2.45, 2.75) is 25.8 Å².